The third-order valence-corrected chi connectivity index (χ3v) is 8.61. The first kappa shape index (κ1) is 13.8. The Bertz CT molecular complexity index is 633. The molecule has 3 nitrogen and oxygen atoms in total. The molecule has 1 aromatic carbocycles. The van der Waals surface area contributed by atoms with Crippen molar-refractivity contribution in [1.82, 2.24) is 4.90 Å². The summed E-state index contributed by atoms with van der Waals surface area (Å²) in [5, 5.41) is 0.361. The predicted octanol–water partition coefficient (Wildman–Crippen LogP) is 3.62. The predicted molar refractivity (Wildman–Crippen MR) is 89.4 cm³/mol. The molecule has 4 aliphatic heterocycles. The summed E-state index contributed by atoms with van der Waals surface area (Å²) in [6.45, 7) is 2.21. The maximum atomic E-state index is 13.3. The van der Waals surface area contributed by atoms with Gasteiger partial charge in [-0.05, 0) is 24.8 Å². The van der Waals surface area contributed by atoms with Gasteiger partial charge in [0.2, 0.25) is 10.3 Å². The quantitative estimate of drug-likeness (QED) is 0.785. The lowest BCUT2D eigenvalue weighted by Crippen LogP contribution is -2.72. The first-order chi connectivity index (χ1) is 10.7. The molecule has 0 radical (unpaired) electrons. The summed E-state index contributed by atoms with van der Waals surface area (Å²) < 4.78 is 6.16. The van der Waals surface area contributed by atoms with Crippen LogP contribution >= 0.6 is 23.5 Å². The highest BCUT2D eigenvalue weighted by atomic mass is 32.2. The number of hydrogen-bond donors (Lipinski definition) is 0. The maximum Gasteiger partial charge on any atom is 0.243 e. The summed E-state index contributed by atoms with van der Waals surface area (Å²) >= 11 is 3.67. The van der Waals surface area contributed by atoms with Crippen molar-refractivity contribution in [3.63, 3.8) is 0 Å². The van der Waals surface area contributed by atoms with E-state index in [9.17, 15) is 4.79 Å². The number of hydrogen-bond acceptors (Lipinski definition) is 4. The van der Waals surface area contributed by atoms with Crippen molar-refractivity contribution in [2.45, 2.75) is 47.5 Å². The van der Waals surface area contributed by atoms with Gasteiger partial charge in [-0.15, -0.1) is 0 Å². The zero-order chi connectivity index (χ0) is 14.9. The number of ether oxygens (including phenoxy) is 1. The molecule has 0 aromatic heterocycles. The second-order valence-electron chi connectivity index (χ2n) is 6.79. The van der Waals surface area contributed by atoms with Crippen LogP contribution in [0, 0.1) is 5.92 Å². The Hall–Kier alpha value is -0.650. The monoisotopic (exact) mass is 333 g/mol. The normalized spacial score (nSPS) is 41.6. The summed E-state index contributed by atoms with van der Waals surface area (Å²) in [7, 11) is 0. The molecule has 4 saturated heterocycles. The zero-order valence-electron chi connectivity index (χ0n) is 12.5. The van der Waals surface area contributed by atoms with Crippen molar-refractivity contribution in [1.29, 1.82) is 0 Å². The third-order valence-electron chi connectivity index (χ3n) is 5.62. The molecule has 5 aliphatic rings. The third kappa shape index (κ3) is 1.57. The van der Waals surface area contributed by atoms with E-state index in [1.54, 1.807) is 0 Å². The van der Waals surface area contributed by atoms with Gasteiger partial charge in [-0.3, -0.25) is 9.69 Å². The SMILES string of the molecule is C[C@@H]1S[C@@]23OC4(CCC4)[C@@H]1C(=O)N2C(c1ccccc1)CS3. The number of rotatable bonds is 1. The summed E-state index contributed by atoms with van der Waals surface area (Å²) in [5.74, 6) is 1.30. The molecule has 4 atom stereocenters. The van der Waals surface area contributed by atoms with Gasteiger partial charge in [-0.2, -0.15) is 0 Å². The molecule has 5 heteroatoms. The van der Waals surface area contributed by atoms with Gasteiger partial charge >= 0.3 is 0 Å². The molecule has 4 heterocycles. The van der Waals surface area contributed by atoms with E-state index in [4.69, 9.17) is 4.74 Å². The number of thioether (sulfide) groups is 2. The topological polar surface area (TPSA) is 29.5 Å². The van der Waals surface area contributed by atoms with E-state index in [0.717, 1.165) is 18.6 Å². The van der Waals surface area contributed by atoms with Gasteiger partial charge in [0.25, 0.3) is 0 Å². The lowest BCUT2D eigenvalue weighted by atomic mass is 9.68. The second kappa shape index (κ2) is 4.46. The van der Waals surface area contributed by atoms with Gasteiger partial charge in [0, 0.05) is 11.0 Å². The van der Waals surface area contributed by atoms with Gasteiger partial charge in [0.15, 0.2) is 0 Å². The Kier molecular flexibility index (Phi) is 2.79. The van der Waals surface area contributed by atoms with Gasteiger partial charge in [0.1, 0.15) is 0 Å². The van der Waals surface area contributed by atoms with Crippen LogP contribution in [0.2, 0.25) is 0 Å². The van der Waals surface area contributed by atoms with E-state index >= 15 is 0 Å². The minimum absolute atomic E-state index is 0.0398. The average molecular weight is 333 g/mol. The summed E-state index contributed by atoms with van der Waals surface area (Å²) in [6, 6.07) is 10.6. The van der Waals surface area contributed by atoms with Crippen molar-refractivity contribution in [3.05, 3.63) is 35.9 Å². The number of carbonyl (C=O) groups is 1. The fourth-order valence-electron chi connectivity index (χ4n) is 4.49. The van der Waals surface area contributed by atoms with Crippen LogP contribution in [0.5, 0.6) is 0 Å². The van der Waals surface area contributed by atoms with Crippen LogP contribution in [-0.2, 0) is 9.53 Å². The highest BCUT2D eigenvalue weighted by Gasteiger charge is 2.71. The highest BCUT2D eigenvalue weighted by Crippen LogP contribution is 2.68. The second-order valence-corrected chi connectivity index (χ2v) is 9.76. The first-order valence-electron chi connectivity index (χ1n) is 8.05. The molecule has 1 unspecified atom stereocenters. The molecule has 6 rings (SSSR count). The van der Waals surface area contributed by atoms with E-state index in [1.165, 1.54) is 12.0 Å². The Morgan fingerprint density at radius 2 is 2.05 bits per heavy atom. The Morgan fingerprint density at radius 1 is 1.27 bits per heavy atom. The minimum atomic E-state index is -0.480. The number of amides is 1. The molecule has 22 heavy (non-hydrogen) atoms. The minimum Gasteiger partial charge on any atom is -0.330 e. The van der Waals surface area contributed by atoms with Crippen LogP contribution in [0.25, 0.3) is 0 Å². The molecule has 1 aliphatic carbocycles. The summed E-state index contributed by atoms with van der Waals surface area (Å²) in [4.78, 5) is 15.3. The van der Waals surface area contributed by atoms with E-state index in [-0.39, 0.29) is 17.6 Å². The van der Waals surface area contributed by atoms with E-state index < -0.39 is 4.39 Å². The van der Waals surface area contributed by atoms with Crippen LogP contribution in [-0.4, -0.2) is 31.8 Å². The molecular weight excluding hydrogens is 314 g/mol. The van der Waals surface area contributed by atoms with Crippen LogP contribution in [0.4, 0.5) is 0 Å². The van der Waals surface area contributed by atoms with Gasteiger partial charge in [0.05, 0.1) is 17.6 Å². The van der Waals surface area contributed by atoms with Gasteiger partial charge < -0.3 is 4.74 Å². The Morgan fingerprint density at radius 3 is 2.73 bits per heavy atom. The van der Waals surface area contributed by atoms with E-state index in [1.807, 2.05) is 29.6 Å². The smallest absolute Gasteiger partial charge is 0.243 e. The fraction of sp³-hybridized carbons (Fsp3) is 0.588. The number of nitrogens with zero attached hydrogens (tertiary/aromatic N) is 1. The molecule has 1 saturated carbocycles. The molecular formula is C17H19NO2S2. The van der Waals surface area contributed by atoms with Crippen molar-refractivity contribution in [2.75, 3.05) is 5.75 Å². The average Bonchev–Trinajstić information content (AvgIpc) is 2.85. The van der Waals surface area contributed by atoms with Crippen LogP contribution in [0.15, 0.2) is 30.3 Å². The van der Waals surface area contributed by atoms with E-state index in [2.05, 4.69) is 36.1 Å². The summed E-state index contributed by atoms with van der Waals surface area (Å²) in [5.41, 5.74) is 1.07. The van der Waals surface area contributed by atoms with Crippen molar-refractivity contribution < 1.29 is 9.53 Å². The van der Waals surface area contributed by atoms with Crippen LogP contribution in [0.1, 0.15) is 37.8 Å². The molecule has 1 amide bonds. The van der Waals surface area contributed by atoms with Crippen molar-refractivity contribution in [3.8, 4) is 0 Å². The van der Waals surface area contributed by atoms with Crippen LogP contribution < -0.4 is 0 Å². The molecule has 2 bridgehead atoms. The number of fused-ring (bicyclic) bond motifs is 1. The number of benzene rings is 1. The van der Waals surface area contributed by atoms with Crippen molar-refractivity contribution in [2.24, 2.45) is 5.92 Å². The lowest BCUT2D eigenvalue weighted by Gasteiger charge is -2.63. The van der Waals surface area contributed by atoms with Crippen molar-refractivity contribution >= 4 is 29.4 Å². The summed E-state index contributed by atoms with van der Waals surface area (Å²) in [6.07, 6.45) is 3.31. The van der Waals surface area contributed by atoms with Gasteiger partial charge in [-0.1, -0.05) is 60.8 Å². The Labute approximate surface area is 139 Å². The standard InChI is InChI=1S/C17H19NO2S2/c1-11-14-15(19)18-13(12-6-3-2-4-7-12)10-21-17(18,22-11)20-16(14)8-5-9-16/h2-4,6-7,11,13-14H,5,8-10H2,1H3/t11-,13?,14-,17+/m0/s1. The Balaban J connectivity index is 1.58. The fourth-order valence-corrected chi connectivity index (χ4v) is 8.22. The molecule has 1 aromatic rings. The highest BCUT2D eigenvalue weighted by molar-refractivity contribution is 8.18. The first-order valence-corrected chi connectivity index (χ1v) is 9.92. The maximum absolute atomic E-state index is 13.3. The lowest BCUT2D eigenvalue weighted by molar-refractivity contribution is -0.241. The van der Waals surface area contributed by atoms with E-state index in [0.29, 0.717) is 11.2 Å². The number of carbonyl (C=O) groups excluding carboxylic acids is 1. The van der Waals surface area contributed by atoms with Gasteiger partial charge in [-0.25, -0.2) is 0 Å². The molecule has 5 fully saturated rings. The molecule has 0 N–H and O–H groups in total. The van der Waals surface area contributed by atoms with Crippen LogP contribution in [0.3, 0.4) is 0 Å². The zero-order valence-corrected chi connectivity index (χ0v) is 14.2. The molecule has 116 valence electrons. The molecule has 2 spiro atoms. The largest absolute Gasteiger partial charge is 0.330 e.